The van der Waals surface area contributed by atoms with E-state index in [1.807, 2.05) is 0 Å². The predicted molar refractivity (Wildman–Crippen MR) is 171 cm³/mol. The van der Waals surface area contributed by atoms with Crippen LogP contribution in [0.25, 0.3) is 0 Å². The van der Waals surface area contributed by atoms with E-state index in [0.29, 0.717) is 0 Å². The zero-order valence-corrected chi connectivity index (χ0v) is 31.7. The van der Waals surface area contributed by atoms with Gasteiger partial charge in [0.1, 0.15) is 54.9 Å². The van der Waals surface area contributed by atoms with Crippen LogP contribution in [-0.4, -0.2) is 153 Å². The Morgan fingerprint density at radius 3 is 2.10 bits per heavy atom. The Morgan fingerprint density at radius 2 is 1.45 bits per heavy atom. The zero-order chi connectivity index (χ0) is 35.9. The Balaban J connectivity index is 0.00000583. The van der Waals surface area contributed by atoms with E-state index in [0.717, 1.165) is 64.2 Å². The smallest absolute Gasteiger partial charge is 0.862 e. The van der Waals surface area contributed by atoms with E-state index in [-0.39, 0.29) is 73.3 Å². The number of hydrogen-bond acceptors (Lipinski definition) is 15. The molecule has 0 aromatic carbocycles. The average Bonchev–Trinajstić information content (AvgIpc) is 3.12. The van der Waals surface area contributed by atoms with Crippen molar-refractivity contribution >= 4 is 11.9 Å². The van der Waals surface area contributed by atoms with E-state index >= 15 is 0 Å². The average molecular weight is 742 g/mol. The van der Waals surface area contributed by atoms with E-state index in [9.17, 15) is 45.6 Å². The second-order valence-electron chi connectivity index (χ2n) is 14.5. The molecule has 0 bridgehead atoms. The molecule has 5 fully saturated rings. The Kier molecular flexibility index (Phi) is 17.3. The molecule has 0 aromatic rings. The van der Waals surface area contributed by atoms with Crippen LogP contribution >= 0.6 is 0 Å². The van der Waals surface area contributed by atoms with Gasteiger partial charge in [-0.1, -0.05) is 51.4 Å². The van der Waals surface area contributed by atoms with Gasteiger partial charge in [0.2, 0.25) is 0 Å². The number of ether oxygens (including phenoxy) is 6. The minimum absolute atomic E-state index is 0. The maximum atomic E-state index is 13.0. The summed E-state index contributed by atoms with van der Waals surface area (Å²) in [7, 11) is 0. The summed E-state index contributed by atoms with van der Waals surface area (Å²) < 4.78 is 35.8. The Bertz CT molecular complexity index is 1090. The van der Waals surface area contributed by atoms with Crippen molar-refractivity contribution in [3.05, 3.63) is 0 Å². The van der Waals surface area contributed by atoms with Crippen LogP contribution in [0.1, 0.15) is 84.0 Å². The van der Waals surface area contributed by atoms with Gasteiger partial charge in [-0.3, -0.25) is 0 Å². The molecule has 1 unspecified atom stereocenters. The van der Waals surface area contributed by atoms with E-state index in [4.69, 9.17) is 28.4 Å². The van der Waals surface area contributed by atoms with Gasteiger partial charge in [0.25, 0.3) is 0 Å². The molecule has 14 atom stereocenters. The van der Waals surface area contributed by atoms with Crippen LogP contribution in [-0.2, 0) is 33.2 Å². The van der Waals surface area contributed by atoms with Crippen molar-refractivity contribution in [2.75, 3.05) is 19.8 Å². The molecular weight excluding hydrogens is 685 g/mol. The van der Waals surface area contributed by atoms with Crippen LogP contribution in [0.4, 0.5) is 0 Å². The molecule has 16 nitrogen and oxygen atoms in total. The van der Waals surface area contributed by atoms with Crippen molar-refractivity contribution in [3.63, 3.8) is 0 Å². The first-order valence-electron chi connectivity index (χ1n) is 18.3. The molecule has 2 aliphatic carbocycles. The first-order chi connectivity index (χ1) is 24.0. The fourth-order valence-corrected chi connectivity index (χ4v) is 7.88. The molecule has 5 rings (SSSR count). The molecule has 3 aliphatic heterocycles. The largest absolute Gasteiger partial charge is 1.00 e. The molecule has 0 radical (unpaired) electrons. The molecule has 0 spiro atoms. The van der Waals surface area contributed by atoms with Crippen molar-refractivity contribution in [1.82, 2.24) is 0 Å². The summed E-state index contributed by atoms with van der Waals surface area (Å²) in [6, 6.07) is 0. The number of nitrogens with zero attached hydrogens (tertiary/aromatic N) is 1. The Labute approximate surface area is 320 Å². The minimum atomic E-state index is -1.70. The fraction of sp³-hybridized carbons (Fsp3) is 0.941. The summed E-state index contributed by atoms with van der Waals surface area (Å²) in [5, 5.41) is 86.9. The standard InChI is InChI=1S/C34H57NO15.Na/c1-17-24(37)26(39)27(40)33(46-17)50-29-20(12-13-45-22(29)15-35-31(42)19-10-6-3-7-11-19)48-34-28(41)30(25(38)23(16-36)49-34)47-21(32(43)44)14-18-8-4-2-5-9-18;/h17-30,33-34,36-41H,2-16H2,1H3,(H,35,42)(H,43,44);/q;+1/p-1/t17-,20+,21+,22?,23+,24+,25-,26-,27+,28-,29-,30+,33-,34+;/m1./s1. The first-order valence-corrected chi connectivity index (χ1v) is 18.3. The van der Waals surface area contributed by atoms with Crippen LogP contribution in [0, 0.1) is 11.8 Å². The van der Waals surface area contributed by atoms with Gasteiger partial charge in [-0.25, -0.2) is 4.79 Å². The molecule has 0 amide bonds. The summed E-state index contributed by atoms with van der Waals surface area (Å²) in [4.78, 5) is 16.6. The molecule has 288 valence electrons. The van der Waals surface area contributed by atoms with E-state index in [1.54, 1.807) is 0 Å². The third-order valence-corrected chi connectivity index (χ3v) is 10.9. The van der Waals surface area contributed by atoms with Crippen LogP contribution in [0.3, 0.4) is 0 Å². The van der Waals surface area contributed by atoms with Crippen molar-refractivity contribution in [2.45, 2.75) is 170 Å². The first kappa shape index (κ1) is 43.2. The number of carboxylic acids is 1. The van der Waals surface area contributed by atoms with Crippen LogP contribution in [0.5, 0.6) is 0 Å². The molecule has 7 N–H and O–H groups in total. The van der Waals surface area contributed by atoms with Gasteiger partial charge >= 0.3 is 35.5 Å². The van der Waals surface area contributed by atoms with Gasteiger partial charge in [-0.15, -0.1) is 0 Å². The van der Waals surface area contributed by atoms with E-state index in [1.165, 1.54) is 6.92 Å². The number of rotatable bonds is 13. The molecule has 17 heteroatoms. The monoisotopic (exact) mass is 741 g/mol. The zero-order valence-electron chi connectivity index (χ0n) is 29.7. The van der Waals surface area contributed by atoms with Crippen LogP contribution < -0.4 is 34.7 Å². The van der Waals surface area contributed by atoms with Gasteiger partial charge in [0.15, 0.2) is 18.7 Å². The summed E-state index contributed by atoms with van der Waals surface area (Å²) in [5.41, 5.74) is 0. The van der Waals surface area contributed by atoms with Crippen molar-refractivity contribution in [2.24, 2.45) is 16.8 Å². The molecular formula is C34H56NNaO15. The number of aliphatic imine (C=N–C) groups is 1. The number of hydrogen-bond donors (Lipinski definition) is 7. The number of aliphatic carboxylic acids is 1. The minimum Gasteiger partial charge on any atom is -0.862 e. The van der Waals surface area contributed by atoms with E-state index < -0.39 is 98.4 Å². The number of carboxylic acid groups (broad SMARTS) is 1. The van der Waals surface area contributed by atoms with Crippen molar-refractivity contribution in [1.29, 1.82) is 0 Å². The molecule has 51 heavy (non-hydrogen) atoms. The fourth-order valence-electron chi connectivity index (χ4n) is 7.88. The summed E-state index contributed by atoms with van der Waals surface area (Å²) in [5.74, 6) is -1.55. The van der Waals surface area contributed by atoms with Gasteiger partial charge in [-0.2, -0.15) is 0 Å². The Hall–Kier alpha value is -0.540. The number of carbonyl (C=O) groups is 1. The normalized spacial score (nSPS) is 41.1. The van der Waals surface area contributed by atoms with E-state index in [2.05, 4.69) is 4.99 Å². The molecule has 3 saturated heterocycles. The predicted octanol–water partition coefficient (Wildman–Crippen LogP) is -4.04. The Morgan fingerprint density at radius 1 is 0.804 bits per heavy atom. The number of aliphatic hydroxyl groups excluding tert-OH is 6. The van der Waals surface area contributed by atoms with Gasteiger partial charge < -0.3 is 74.3 Å². The summed E-state index contributed by atoms with van der Waals surface area (Å²) in [6.07, 6.45) is -9.33. The summed E-state index contributed by atoms with van der Waals surface area (Å²) in [6.45, 7) is 0.809. The van der Waals surface area contributed by atoms with Gasteiger partial charge in [0.05, 0.1) is 25.4 Å². The molecule has 3 heterocycles. The molecule has 0 aromatic heterocycles. The van der Waals surface area contributed by atoms with Crippen molar-refractivity contribution < 1.29 is 104 Å². The maximum Gasteiger partial charge on any atom is 1.00 e. The van der Waals surface area contributed by atoms with Gasteiger partial charge in [0, 0.05) is 6.61 Å². The SMILES string of the molecule is C[C@H]1O[C@H](O[C@H]2C(CN=C([O-])C3CCCCC3)OCC[C@@H]2O[C@H]2O[C@@H](CO)[C@@H](O)[C@H](O[C@@H](CC3CCCCC3)C(=O)O)[C@H]2O)[C@@H](O)[C@H](O)[C@H]1O.[Na+]. The number of aliphatic hydroxyl groups is 6. The quantitative estimate of drug-likeness (QED) is 0.0540. The second-order valence-corrected chi connectivity index (χ2v) is 14.5. The van der Waals surface area contributed by atoms with Gasteiger partial charge in [-0.05, 0) is 50.3 Å². The topological polar surface area (TPSA) is 249 Å². The van der Waals surface area contributed by atoms with Crippen LogP contribution in [0.15, 0.2) is 4.99 Å². The molecule has 5 aliphatic rings. The maximum absolute atomic E-state index is 13.0. The van der Waals surface area contributed by atoms with Crippen LogP contribution in [0.2, 0.25) is 0 Å². The van der Waals surface area contributed by atoms with Crippen molar-refractivity contribution in [3.8, 4) is 0 Å². The third kappa shape index (κ3) is 11.0. The molecule has 2 saturated carbocycles. The second kappa shape index (κ2) is 20.4. The third-order valence-electron chi connectivity index (χ3n) is 10.9. The summed E-state index contributed by atoms with van der Waals surface area (Å²) >= 11 is 0.